The maximum absolute atomic E-state index is 14.6. The number of rotatable bonds is 6. The van der Waals surface area contributed by atoms with Crippen molar-refractivity contribution >= 4 is 23.3 Å². The van der Waals surface area contributed by atoms with Crippen molar-refractivity contribution in [3.63, 3.8) is 0 Å². The Kier molecular flexibility index (Phi) is 6.35. The van der Waals surface area contributed by atoms with E-state index in [1.54, 1.807) is 41.1 Å². The second kappa shape index (κ2) is 9.53. The number of aromatic nitrogens is 3. The molecular formula is C25H23FN6O2. The van der Waals surface area contributed by atoms with Gasteiger partial charge in [-0.3, -0.25) is 14.5 Å². The van der Waals surface area contributed by atoms with Crippen molar-refractivity contribution in [2.75, 3.05) is 10.6 Å². The lowest BCUT2D eigenvalue weighted by Crippen LogP contribution is -2.20. The summed E-state index contributed by atoms with van der Waals surface area (Å²) < 4.78 is 16.3. The van der Waals surface area contributed by atoms with Crippen molar-refractivity contribution in [1.29, 1.82) is 0 Å². The lowest BCUT2D eigenvalue weighted by molar-refractivity contribution is 0.0995. The summed E-state index contributed by atoms with van der Waals surface area (Å²) in [5, 5.41) is 9.85. The molecule has 0 bridgehead atoms. The molecule has 0 aliphatic rings. The number of primary amides is 1. The highest BCUT2D eigenvalue weighted by atomic mass is 19.1. The molecule has 172 valence electrons. The Morgan fingerprint density at radius 3 is 2.50 bits per heavy atom. The maximum Gasteiger partial charge on any atom is 0.323 e. The summed E-state index contributed by atoms with van der Waals surface area (Å²) in [7, 11) is 0. The summed E-state index contributed by atoms with van der Waals surface area (Å²) >= 11 is 0. The zero-order valence-corrected chi connectivity index (χ0v) is 18.7. The van der Waals surface area contributed by atoms with Crippen molar-refractivity contribution in [2.24, 2.45) is 5.73 Å². The number of carbonyl (C=O) groups is 2. The van der Waals surface area contributed by atoms with E-state index < -0.39 is 17.8 Å². The number of anilines is 2. The number of hydrogen-bond donors (Lipinski definition) is 3. The van der Waals surface area contributed by atoms with Crippen molar-refractivity contribution < 1.29 is 14.0 Å². The van der Waals surface area contributed by atoms with Gasteiger partial charge in [0.1, 0.15) is 17.2 Å². The zero-order chi connectivity index (χ0) is 24.2. The van der Waals surface area contributed by atoms with Crippen LogP contribution in [-0.2, 0) is 6.54 Å². The van der Waals surface area contributed by atoms with E-state index in [-0.39, 0.29) is 11.4 Å². The van der Waals surface area contributed by atoms with Crippen molar-refractivity contribution in [2.45, 2.75) is 20.4 Å². The number of carbonyl (C=O) groups excluding carboxylic acids is 2. The van der Waals surface area contributed by atoms with Crippen molar-refractivity contribution in [1.82, 2.24) is 14.8 Å². The van der Waals surface area contributed by atoms with Crippen LogP contribution in [0.4, 0.5) is 20.6 Å². The number of nitrogens with zero attached hydrogens (tertiary/aromatic N) is 3. The van der Waals surface area contributed by atoms with Crippen LogP contribution in [0, 0.1) is 12.7 Å². The Balaban J connectivity index is 1.66. The van der Waals surface area contributed by atoms with Crippen molar-refractivity contribution in [3.05, 3.63) is 84.1 Å². The Labute approximate surface area is 195 Å². The van der Waals surface area contributed by atoms with Gasteiger partial charge in [-0.1, -0.05) is 23.8 Å². The first-order valence-corrected chi connectivity index (χ1v) is 10.6. The highest BCUT2D eigenvalue weighted by molar-refractivity contribution is 6.00. The van der Waals surface area contributed by atoms with Gasteiger partial charge in [-0.05, 0) is 55.8 Å². The quantitative estimate of drug-likeness (QED) is 0.384. The van der Waals surface area contributed by atoms with Gasteiger partial charge < -0.3 is 16.4 Å². The summed E-state index contributed by atoms with van der Waals surface area (Å²) in [5.41, 5.74) is 9.71. The molecule has 8 nitrogen and oxygen atoms in total. The first-order chi connectivity index (χ1) is 16.3. The molecule has 0 aliphatic carbocycles. The van der Waals surface area contributed by atoms with Crippen LogP contribution in [0.25, 0.3) is 22.4 Å². The third-order valence-electron chi connectivity index (χ3n) is 5.21. The van der Waals surface area contributed by atoms with Gasteiger partial charge in [0.15, 0.2) is 0 Å². The molecule has 4 aromatic rings. The summed E-state index contributed by atoms with van der Waals surface area (Å²) in [4.78, 5) is 28.0. The van der Waals surface area contributed by atoms with Crippen LogP contribution in [0.15, 0.2) is 67.0 Å². The number of urea groups is 1. The molecule has 4 rings (SSSR count). The minimum atomic E-state index is -0.647. The van der Waals surface area contributed by atoms with Crippen LogP contribution >= 0.6 is 0 Å². The van der Waals surface area contributed by atoms with Gasteiger partial charge in [0.25, 0.3) is 5.91 Å². The number of aryl methyl sites for hydroxylation is 2. The molecule has 3 amide bonds. The minimum Gasteiger partial charge on any atom is -0.364 e. The minimum absolute atomic E-state index is 0.0184. The summed E-state index contributed by atoms with van der Waals surface area (Å²) in [6.07, 6.45) is 3.31. The predicted octanol–water partition coefficient (Wildman–Crippen LogP) is 4.82. The van der Waals surface area contributed by atoms with Crippen LogP contribution < -0.4 is 16.4 Å². The van der Waals surface area contributed by atoms with Gasteiger partial charge in [-0.2, -0.15) is 5.10 Å². The number of amides is 3. The summed E-state index contributed by atoms with van der Waals surface area (Å²) in [6.45, 7) is 4.49. The topological polar surface area (TPSA) is 115 Å². The molecule has 2 aromatic carbocycles. The molecule has 4 N–H and O–H groups in total. The Morgan fingerprint density at radius 2 is 1.79 bits per heavy atom. The molecule has 0 spiro atoms. The molecule has 2 heterocycles. The molecule has 0 radical (unpaired) electrons. The molecule has 0 saturated heterocycles. The lowest BCUT2D eigenvalue weighted by Gasteiger charge is -2.11. The molecule has 0 aliphatic heterocycles. The fraction of sp³-hybridized carbons (Fsp3) is 0.120. The first-order valence-electron chi connectivity index (χ1n) is 10.6. The zero-order valence-electron chi connectivity index (χ0n) is 18.7. The maximum atomic E-state index is 14.6. The second-order valence-corrected chi connectivity index (χ2v) is 7.68. The van der Waals surface area contributed by atoms with E-state index in [4.69, 9.17) is 5.73 Å². The first kappa shape index (κ1) is 22.7. The summed E-state index contributed by atoms with van der Waals surface area (Å²) in [6, 6.07) is 14.4. The molecule has 9 heteroatoms. The molecule has 34 heavy (non-hydrogen) atoms. The molecule has 0 saturated carbocycles. The molecule has 0 unspecified atom stereocenters. The van der Waals surface area contributed by atoms with Crippen LogP contribution in [0.1, 0.15) is 23.0 Å². The van der Waals surface area contributed by atoms with Gasteiger partial charge in [-0.15, -0.1) is 0 Å². The normalized spacial score (nSPS) is 10.7. The van der Waals surface area contributed by atoms with E-state index in [1.165, 1.54) is 12.3 Å². The van der Waals surface area contributed by atoms with E-state index in [2.05, 4.69) is 20.7 Å². The number of nitrogens with two attached hydrogens (primary N) is 1. The van der Waals surface area contributed by atoms with Gasteiger partial charge in [0, 0.05) is 35.8 Å². The predicted molar refractivity (Wildman–Crippen MR) is 129 cm³/mol. The number of nitrogens with one attached hydrogen (secondary N) is 2. The number of benzene rings is 2. The van der Waals surface area contributed by atoms with Crippen LogP contribution in [-0.4, -0.2) is 26.7 Å². The second-order valence-electron chi connectivity index (χ2n) is 7.68. The van der Waals surface area contributed by atoms with Crippen LogP contribution in [0.3, 0.4) is 0 Å². The fourth-order valence-electron chi connectivity index (χ4n) is 3.43. The van der Waals surface area contributed by atoms with Gasteiger partial charge >= 0.3 is 6.03 Å². The Hall–Kier alpha value is -4.53. The average molecular weight is 458 g/mol. The monoisotopic (exact) mass is 458 g/mol. The molecule has 0 fully saturated rings. The summed E-state index contributed by atoms with van der Waals surface area (Å²) in [5.74, 6) is -1.22. The number of pyridine rings is 1. The molecule has 0 atom stereocenters. The van der Waals surface area contributed by atoms with Crippen LogP contribution in [0.5, 0.6) is 0 Å². The smallest absolute Gasteiger partial charge is 0.323 e. The van der Waals surface area contributed by atoms with Gasteiger partial charge in [0.2, 0.25) is 0 Å². The Bertz CT molecular complexity index is 1360. The SMILES string of the molecule is CCn1cc(-c2ccc(F)c(NC(=O)Nc3ccc(C)cc3)c2)c(-c2ccnc(C(N)=O)c2)n1. The lowest BCUT2D eigenvalue weighted by atomic mass is 10.0. The molecule has 2 aromatic heterocycles. The third-order valence-corrected chi connectivity index (χ3v) is 5.21. The van der Waals surface area contributed by atoms with E-state index >= 15 is 0 Å². The number of hydrogen-bond acceptors (Lipinski definition) is 4. The molecular weight excluding hydrogens is 435 g/mol. The number of halogens is 1. The van der Waals surface area contributed by atoms with Gasteiger partial charge in [-0.25, -0.2) is 9.18 Å². The van der Waals surface area contributed by atoms with Crippen molar-refractivity contribution in [3.8, 4) is 22.4 Å². The van der Waals surface area contributed by atoms with Gasteiger partial charge in [0.05, 0.1) is 5.69 Å². The Morgan fingerprint density at radius 1 is 1.03 bits per heavy atom. The van der Waals surface area contributed by atoms with E-state index in [9.17, 15) is 14.0 Å². The van der Waals surface area contributed by atoms with E-state index in [1.807, 2.05) is 32.2 Å². The van der Waals surface area contributed by atoms with Crippen LogP contribution in [0.2, 0.25) is 0 Å². The average Bonchev–Trinajstić information content (AvgIpc) is 3.27. The highest BCUT2D eigenvalue weighted by Crippen LogP contribution is 2.33. The standard InChI is InChI=1S/C25H23FN6O2/c1-3-32-14-19(23(31-32)17-10-11-28-22(13-17)24(27)33)16-6-9-20(26)21(12-16)30-25(34)29-18-7-4-15(2)5-8-18/h4-14H,3H2,1-2H3,(H2,27,33)(H2,29,30,34). The third kappa shape index (κ3) is 4.93. The largest absolute Gasteiger partial charge is 0.364 e. The van der Waals surface area contributed by atoms with E-state index in [0.717, 1.165) is 5.56 Å². The van der Waals surface area contributed by atoms with E-state index in [0.29, 0.717) is 34.6 Å². The highest BCUT2D eigenvalue weighted by Gasteiger charge is 2.17. The fourth-order valence-corrected chi connectivity index (χ4v) is 3.43.